The quantitative estimate of drug-likeness (QED) is 0.335. The second-order valence-corrected chi connectivity index (χ2v) is 7.35. The van der Waals surface area contributed by atoms with Gasteiger partial charge in [-0.1, -0.05) is 18.2 Å². The summed E-state index contributed by atoms with van der Waals surface area (Å²) in [6.45, 7) is 1.95. The molecule has 4 aromatic rings. The molecule has 1 aromatic carbocycles. The monoisotopic (exact) mass is 421 g/mol. The van der Waals surface area contributed by atoms with Gasteiger partial charge in [-0.3, -0.25) is 4.98 Å². The highest BCUT2D eigenvalue weighted by Crippen LogP contribution is 2.22. The van der Waals surface area contributed by atoms with E-state index in [2.05, 4.69) is 35.6 Å². The standard InChI is InChI=1S/C20H19N7O2S/c1-13(26-20-18-19(23-11-22-18)24-12-25-20)15(27-14-6-3-2-4-7-14)10-16-17(30(28)29)8-5-9-21-16/h2-13,27H,1H3,(H,28,29)(H2,22,23,24,25,26)/b15-10-. The van der Waals surface area contributed by atoms with Gasteiger partial charge in [-0.25, -0.2) is 19.2 Å². The maximum atomic E-state index is 11.7. The molecule has 9 nitrogen and oxygen atoms in total. The van der Waals surface area contributed by atoms with Gasteiger partial charge < -0.3 is 20.2 Å². The van der Waals surface area contributed by atoms with Gasteiger partial charge in [0.25, 0.3) is 0 Å². The molecule has 0 saturated heterocycles. The first-order valence-electron chi connectivity index (χ1n) is 9.12. The molecule has 0 spiro atoms. The van der Waals surface area contributed by atoms with Crippen molar-refractivity contribution in [3.63, 3.8) is 0 Å². The minimum atomic E-state index is -2.16. The molecule has 4 N–H and O–H groups in total. The first-order valence-corrected chi connectivity index (χ1v) is 10.2. The topological polar surface area (TPSA) is 129 Å². The Morgan fingerprint density at radius 1 is 1.13 bits per heavy atom. The fraction of sp³-hybridized carbons (Fsp3) is 0.100. The van der Waals surface area contributed by atoms with E-state index in [0.717, 1.165) is 11.4 Å². The molecule has 0 bridgehead atoms. The molecule has 10 heteroatoms. The zero-order valence-corrected chi connectivity index (χ0v) is 16.8. The Bertz CT molecular complexity index is 1210. The summed E-state index contributed by atoms with van der Waals surface area (Å²) in [5.74, 6) is 0.595. The molecule has 3 heterocycles. The second-order valence-electron chi connectivity index (χ2n) is 6.42. The molecule has 2 unspecified atom stereocenters. The molecule has 0 aliphatic heterocycles. The Morgan fingerprint density at radius 2 is 1.97 bits per heavy atom. The van der Waals surface area contributed by atoms with Crippen molar-refractivity contribution in [2.45, 2.75) is 17.9 Å². The van der Waals surface area contributed by atoms with Crippen LogP contribution in [0.4, 0.5) is 11.5 Å². The highest BCUT2D eigenvalue weighted by Gasteiger charge is 2.15. The van der Waals surface area contributed by atoms with Crippen LogP contribution in [0.15, 0.2) is 71.9 Å². The average molecular weight is 421 g/mol. The Kier molecular flexibility index (Phi) is 5.77. The van der Waals surface area contributed by atoms with Crippen LogP contribution in [0, 0.1) is 0 Å². The lowest BCUT2D eigenvalue weighted by atomic mass is 10.1. The number of pyridine rings is 1. The van der Waals surface area contributed by atoms with Gasteiger partial charge in [0.2, 0.25) is 0 Å². The average Bonchev–Trinajstić information content (AvgIpc) is 3.24. The van der Waals surface area contributed by atoms with Gasteiger partial charge in [0.15, 0.2) is 22.5 Å². The van der Waals surface area contributed by atoms with Crippen molar-refractivity contribution in [2.24, 2.45) is 0 Å². The minimum absolute atomic E-state index is 0.232. The number of hydrogen-bond acceptors (Lipinski definition) is 7. The number of nitrogens with zero attached hydrogens (tertiary/aromatic N) is 4. The summed E-state index contributed by atoms with van der Waals surface area (Å²) in [4.78, 5) is 20.1. The summed E-state index contributed by atoms with van der Waals surface area (Å²) in [7, 11) is 0. The van der Waals surface area contributed by atoms with E-state index in [-0.39, 0.29) is 10.9 Å². The number of aromatic amines is 1. The first-order chi connectivity index (χ1) is 14.6. The normalized spacial score (nSPS) is 13.7. The zero-order valence-electron chi connectivity index (χ0n) is 16.0. The van der Waals surface area contributed by atoms with Crippen molar-refractivity contribution < 1.29 is 8.76 Å². The third kappa shape index (κ3) is 4.34. The van der Waals surface area contributed by atoms with E-state index < -0.39 is 11.1 Å². The molecule has 4 rings (SSSR count). The molecule has 2 atom stereocenters. The van der Waals surface area contributed by atoms with E-state index in [0.29, 0.717) is 22.7 Å². The highest BCUT2D eigenvalue weighted by atomic mass is 32.2. The zero-order chi connectivity index (χ0) is 20.9. The SMILES string of the molecule is CC(Nc1ncnc2nc[nH]c12)/C(=C/c1ncccc1S(=O)O)Nc1ccccc1. The number of anilines is 2. The summed E-state index contributed by atoms with van der Waals surface area (Å²) in [5.41, 5.74) is 3.26. The molecule has 3 aromatic heterocycles. The highest BCUT2D eigenvalue weighted by molar-refractivity contribution is 7.79. The van der Waals surface area contributed by atoms with Crippen LogP contribution < -0.4 is 10.6 Å². The van der Waals surface area contributed by atoms with Crippen LogP contribution in [0.1, 0.15) is 12.6 Å². The first kappa shape index (κ1) is 19.7. The van der Waals surface area contributed by atoms with Gasteiger partial charge in [0.1, 0.15) is 11.8 Å². The molecule has 0 amide bonds. The molecular weight excluding hydrogens is 402 g/mol. The predicted octanol–water partition coefficient (Wildman–Crippen LogP) is 3.28. The molecular formula is C20H19N7O2S. The summed E-state index contributed by atoms with van der Waals surface area (Å²) in [6.07, 6.45) is 6.33. The molecule has 30 heavy (non-hydrogen) atoms. The lowest BCUT2D eigenvalue weighted by Gasteiger charge is -2.20. The van der Waals surface area contributed by atoms with Crippen LogP contribution in [0.3, 0.4) is 0 Å². The van der Waals surface area contributed by atoms with Crippen molar-refractivity contribution in [2.75, 3.05) is 10.6 Å². The number of aromatic nitrogens is 5. The number of nitrogens with one attached hydrogen (secondary N) is 3. The van der Waals surface area contributed by atoms with Gasteiger partial charge in [-0.15, -0.1) is 0 Å². The van der Waals surface area contributed by atoms with Crippen LogP contribution in [0.5, 0.6) is 0 Å². The van der Waals surface area contributed by atoms with E-state index in [1.165, 1.54) is 6.33 Å². The molecule has 0 aliphatic rings. The molecule has 0 saturated carbocycles. The Labute approximate surface area is 175 Å². The number of hydrogen-bond donors (Lipinski definition) is 4. The fourth-order valence-corrected chi connectivity index (χ4v) is 3.41. The molecule has 152 valence electrons. The number of imidazole rings is 1. The second kappa shape index (κ2) is 8.80. The van der Waals surface area contributed by atoms with E-state index in [1.807, 2.05) is 37.3 Å². The van der Waals surface area contributed by atoms with Gasteiger partial charge in [0, 0.05) is 17.6 Å². The van der Waals surface area contributed by atoms with Crippen LogP contribution in [0.2, 0.25) is 0 Å². The van der Waals surface area contributed by atoms with Crippen LogP contribution in [-0.2, 0) is 11.1 Å². The molecule has 0 fully saturated rings. The summed E-state index contributed by atoms with van der Waals surface area (Å²) in [6, 6.07) is 12.6. The number of rotatable bonds is 7. The van der Waals surface area contributed by atoms with Gasteiger partial charge >= 0.3 is 0 Å². The van der Waals surface area contributed by atoms with Crippen molar-refractivity contribution >= 4 is 39.8 Å². The van der Waals surface area contributed by atoms with E-state index >= 15 is 0 Å². The maximum Gasteiger partial charge on any atom is 0.188 e. The van der Waals surface area contributed by atoms with Crippen LogP contribution in [-0.4, -0.2) is 39.7 Å². The fourth-order valence-electron chi connectivity index (χ4n) is 2.92. The van der Waals surface area contributed by atoms with Gasteiger partial charge in [-0.05, 0) is 37.3 Å². The number of para-hydroxylation sites is 1. The lowest BCUT2D eigenvalue weighted by Crippen LogP contribution is -2.24. The minimum Gasteiger partial charge on any atom is -0.360 e. The predicted molar refractivity (Wildman–Crippen MR) is 116 cm³/mol. The molecule has 0 aliphatic carbocycles. The van der Waals surface area contributed by atoms with E-state index in [9.17, 15) is 8.76 Å². The Balaban J connectivity index is 1.71. The van der Waals surface area contributed by atoms with Crippen molar-refractivity contribution in [3.05, 3.63) is 72.7 Å². The third-order valence-electron chi connectivity index (χ3n) is 4.39. The van der Waals surface area contributed by atoms with Crippen molar-refractivity contribution in [1.29, 1.82) is 0 Å². The van der Waals surface area contributed by atoms with E-state index in [1.54, 1.807) is 30.7 Å². The lowest BCUT2D eigenvalue weighted by molar-refractivity contribution is 0.563. The van der Waals surface area contributed by atoms with Crippen molar-refractivity contribution in [3.8, 4) is 0 Å². The number of benzene rings is 1. The van der Waals surface area contributed by atoms with Gasteiger partial charge in [-0.2, -0.15) is 0 Å². The Morgan fingerprint density at radius 3 is 2.77 bits per heavy atom. The third-order valence-corrected chi connectivity index (χ3v) is 5.11. The van der Waals surface area contributed by atoms with Gasteiger partial charge in [0.05, 0.1) is 23.0 Å². The number of H-pyrrole nitrogens is 1. The Hall–Kier alpha value is -3.63. The summed E-state index contributed by atoms with van der Waals surface area (Å²) in [5, 5.41) is 6.71. The van der Waals surface area contributed by atoms with Crippen LogP contribution >= 0.6 is 0 Å². The largest absolute Gasteiger partial charge is 0.360 e. The van der Waals surface area contributed by atoms with Crippen molar-refractivity contribution in [1.82, 2.24) is 24.9 Å². The van der Waals surface area contributed by atoms with E-state index in [4.69, 9.17) is 0 Å². The smallest absolute Gasteiger partial charge is 0.188 e. The number of fused-ring (bicyclic) bond motifs is 1. The maximum absolute atomic E-state index is 11.7. The summed E-state index contributed by atoms with van der Waals surface area (Å²) < 4.78 is 21.3. The van der Waals surface area contributed by atoms with Crippen LogP contribution in [0.25, 0.3) is 17.2 Å². The molecule has 0 radical (unpaired) electrons. The summed E-state index contributed by atoms with van der Waals surface area (Å²) >= 11 is -2.16.